The lowest BCUT2D eigenvalue weighted by atomic mass is 9.73. The number of aryl methyl sites for hydroxylation is 1. The molecule has 0 saturated carbocycles. The fourth-order valence-corrected chi connectivity index (χ4v) is 4.75. The summed E-state index contributed by atoms with van der Waals surface area (Å²) in [6.07, 6.45) is 4.60. The van der Waals surface area contributed by atoms with Crippen molar-refractivity contribution in [1.82, 2.24) is 10.2 Å². The average molecular weight is 451 g/mol. The summed E-state index contributed by atoms with van der Waals surface area (Å²) in [6.45, 7) is 4.63. The number of carboxylic acid groups (broad SMARTS) is 1. The van der Waals surface area contributed by atoms with E-state index < -0.39 is 17.2 Å². The molecule has 2 saturated heterocycles. The van der Waals surface area contributed by atoms with Crippen LogP contribution < -0.4 is 5.32 Å². The van der Waals surface area contributed by atoms with Crippen molar-refractivity contribution in [1.29, 1.82) is 0 Å². The summed E-state index contributed by atoms with van der Waals surface area (Å²) in [7, 11) is 0. The summed E-state index contributed by atoms with van der Waals surface area (Å²) in [5, 5.41) is 30.3. The van der Waals surface area contributed by atoms with E-state index in [2.05, 4.69) is 22.3 Å². The van der Waals surface area contributed by atoms with Crippen molar-refractivity contribution in [3.63, 3.8) is 0 Å². The van der Waals surface area contributed by atoms with Crippen LogP contribution in [0.15, 0.2) is 30.3 Å². The topological polar surface area (TPSA) is 119 Å². The maximum absolute atomic E-state index is 12.6. The van der Waals surface area contributed by atoms with Crippen molar-refractivity contribution in [2.75, 3.05) is 32.8 Å². The van der Waals surface area contributed by atoms with Crippen molar-refractivity contribution in [3.05, 3.63) is 35.9 Å². The van der Waals surface area contributed by atoms with Crippen LogP contribution in [0.2, 0.25) is 0 Å². The van der Waals surface area contributed by atoms with E-state index in [1.807, 2.05) is 25.1 Å². The first-order valence-electron chi connectivity index (χ1n) is 11.5. The summed E-state index contributed by atoms with van der Waals surface area (Å²) >= 11 is 0. The number of hydrogen-bond donors (Lipinski definition) is 4. The molecule has 0 unspecified atom stereocenters. The molecule has 2 aliphatic rings. The number of nitrogens with one attached hydrogen (secondary N) is 1. The van der Waals surface area contributed by atoms with E-state index in [1.165, 1.54) is 5.56 Å². The molecule has 0 bridgehead atoms. The second-order valence-electron chi connectivity index (χ2n) is 8.89. The maximum Gasteiger partial charge on any atom is 0.290 e. The Morgan fingerprint density at radius 1 is 1.22 bits per heavy atom. The predicted molar refractivity (Wildman–Crippen MR) is 121 cm³/mol. The highest BCUT2D eigenvalue weighted by Gasteiger charge is 2.53. The Morgan fingerprint density at radius 3 is 2.50 bits per heavy atom. The molecule has 2 aliphatic heterocycles. The molecule has 2 atom stereocenters. The SMILES string of the molecule is C[C@]1(NC(=O)CCCCc2ccccc2)CCOC2(CCN(CCO)CC2)[C@@H]1O.O=CO. The Hall–Kier alpha value is -2.00. The van der Waals surface area contributed by atoms with Crippen molar-refractivity contribution in [2.24, 2.45) is 0 Å². The Labute approximate surface area is 190 Å². The predicted octanol–water partition coefficient (Wildman–Crippen LogP) is 1.58. The zero-order chi connectivity index (χ0) is 23.5. The number of benzene rings is 1. The largest absolute Gasteiger partial charge is 0.483 e. The standard InChI is InChI=1S/C23H36N2O4.CH2O2/c1-22(24-20(27)10-6-5-9-19-7-3-2-4-8-19)13-18-29-23(21(22)28)11-14-25(15-12-23)16-17-26;2-1-3/h2-4,7-8,21,26,28H,5-6,9-18H2,1H3,(H,24,27);1H,(H,2,3)/t21-,22+;/m1./s1. The smallest absolute Gasteiger partial charge is 0.290 e. The van der Waals surface area contributed by atoms with E-state index in [0.29, 0.717) is 26.0 Å². The van der Waals surface area contributed by atoms with E-state index >= 15 is 0 Å². The van der Waals surface area contributed by atoms with E-state index in [1.54, 1.807) is 0 Å². The van der Waals surface area contributed by atoms with Gasteiger partial charge in [-0.2, -0.15) is 0 Å². The number of carbonyl (C=O) groups is 2. The van der Waals surface area contributed by atoms with E-state index in [4.69, 9.17) is 19.7 Å². The highest BCUT2D eigenvalue weighted by atomic mass is 16.5. The Morgan fingerprint density at radius 2 is 1.88 bits per heavy atom. The average Bonchev–Trinajstić information content (AvgIpc) is 2.78. The second-order valence-corrected chi connectivity index (χ2v) is 8.89. The minimum atomic E-state index is -0.728. The van der Waals surface area contributed by atoms with Crippen LogP contribution in [0.3, 0.4) is 0 Å². The first-order chi connectivity index (χ1) is 15.4. The Balaban J connectivity index is 0.00000114. The van der Waals surface area contributed by atoms with Gasteiger partial charge < -0.3 is 30.3 Å². The Kier molecular flexibility index (Phi) is 10.6. The normalized spacial score (nSPS) is 24.9. The summed E-state index contributed by atoms with van der Waals surface area (Å²) in [5.41, 5.74) is 0.0437. The highest BCUT2D eigenvalue weighted by molar-refractivity contribution is 5.76. The minimum Gasteiger partial charge on any atom is -0.483 e. The van der Waals surface area contributed by atoms with Gasteiger partial charge in [-0.3, -0.25) is 9.59 Å². The molecule has 2 heterocycles. The number of aliphatic hydroxyl groups excluding tert-OH is 2. The fraction of sp³-hybridized carbons (Fsp3) is 0.667. The number of nitrogens with zero attached hydrogens (tertiary/aromatic N) is 1. The maximum atomic E-state index is 12.6. The van der Waals surface area contributed by atoms with Crippen molar-refractivity contribution < 1.29 is 29.6 Å². The van der Waals surface area contributed by atoms with Gasteiger partial charge in [0, 0.05) is 32.7 Å². The third-order valence-corrected chi connectivity index (χ3v) is 6.62. The van der Waals surface area contributed by atoms with E-state index in [-0.39, 0.29) is 19.0 Å². The summed E-state index contributed by atoms with van der Waals surface area (Å²) in [6, 6.07) is 10.3. The van der Waals surface area contributed by atoms with Crippen LogP contribution in [0.4, 0.5) is 0 Å². The van der Waals surface area contributed by atoms with Gasteiger partial charge in [-0.1, -0.05) is 30.3 Å². The van der Waals surface area contributed by atoms with Crippen LogP contribution in [-0.2, 0) is 20.7 Å². The summed E-state index contributed by atoms with van der Waals surface area (Å²) in [4.78, 5) is 23.1. The summed E-state index contributed by atoms with van der Waals surface area (Å²) < 4.78 is 6.08. The molecule has 1 amide bonds. The van der Waals surface area contributed by atoms with Gasteiger partial charge in [-0.15, -0.1) is 0 Å². The van der Waals surface area contributed by atoms with E-state index in [9.17, 15) is 9.90 Å². The number of ether oxygens (including phenoxy) is 1. The zero-order valence-electron chi connectivity index (χ0n) is 19.0. The molecule has 180 valence electrons. The van der Waals surface area contributed by atoms with Gasteiger partial charge in [-0.05, 0) is 51.0 Å². The first kappa shape index (κ1) is 26.3. The first-order valence-corrected chi connectivity index (χ1v) is 11.5. The number of amides is 1. The van der Waals surface area contributed by atoms with Crippen LogP contribution >= 0.6 is 0 Å². The third-order valence-electron chi connectivity index (χ3n) is 6.62. The van der Waals surface area contributed by atoms with Gasteiger partial charge in [0.05, 0.1) is 17.7 Å². The van der Waals surface area contributed by atoms with Crippen molar-refractivity contribution in [2.45, 2.75) is 69.1 Å². The molecular weight excluding hydrogens is 412 g/mol. The molecule has 0 aliphatic carbocycles. The highest BCUT2D eigenvalue weighted by Crippen LogP contribution is 2.39. The molecule has 1 aromatic carbocycles. The summed E-state index contributed by atoms with van der Waals surface area (Å²) in [5.74, 6) is 0.00868. The van der Waals surface area contributed by atoms with Crippen LogP contribution in [0.1, 0.15) is 51.0 Å². The van der Waals surface area contributed by atoms with Crippen molar-refractivity contribution >= 4 is 12.4 Å². The second kappa shape index (κ2) is 12.9. The molecule has 4 N–H and O–H groups in total. The molecule has 3 rings (SSSR count). The van der Waals surface area contributed by atoms with Crippen LogP contribution in [0.25, 0.3) is 0 Å². The van der Waals surface area contributed by atoms with Gasteiger partial charge in [0.2, 0.25) is 5.91 Å². The lowest BCUT2D eigenvalue weighted by molar-refractivity contribution is -0.208. The van der Waals surface area contributed by atoms with Gasteiger partial charge in [-0.25, -0.2) is 0 Å². The number of β-amino-alcohol motifs (C(OH)–C–C–N with tert-alkyl or cyclic N) is 1. The molecule has 1 spiro atoms. The minimum absolute atomic E-state index is 0.00868. The van der Waals surface area contributed by atoms with Gasteiger partial charge in [0.1, 0.15) is 6.10 Å². The number of rotatable bonds is 8. The monoisotopic (exact) mass is 450 g/mol. The number of piperidine rings is 1. The zero-order valence-corrected chi connectivity index (χ0v) is 19.0. The molecule has 8 heteroatoms. The number of unbranched alkanes of at least 4 members (excludes halogenated alkanes) is 1. The number of hydrogen-bond acceptors (Lipinski definition) is 6. The van der Waals surface area contributed by atoms with Crippen molar-refractivity contribution in [3.8, 4) is 0 Å². The molecule has 2 fully saturated rings. The van der Waals surface area contributed by atoms with Crippen LogP contribution in [0.5, 0.6) is 0 Å². The number of aliphatic hydroxyl groups is 2. The number of carbonyl (C=O) groups excluding carboxylic acids is 1. The molecule has 1 aromatic rings. The Bertz CT molecular complexity index is 693. The van der Waals surface area contributed by atoms with Crippen LogP contribution in [-0.4, -0.2) is 82.7 Å². The van der Waals surface area contributed by atoms with Gasteiger partial charge in [0.15, 0.2) is 0 Å². The molecule has 0 aromatic heterocycles. The molecule has 0 radical (unpaired) electrons. The lowest BCUT2D eigenvalue weighted by Gasteiger charge is -2.53. The number of likely N-dealkylation sites (tertiary alicyclic amines) is 1. The molecule has 8 nitrogen and oxygen atoms in total. The lowest BCUT2D eigenvalue weighted by Crippen LogP contribution is -2.69. The van der Waals surface area contributed by atoms with E-state index in [0.717, 1.165) is 45.2 Å². The third kappa shape index (κ3) is 7.27. The molecular formula is C24H38N2O6. The van der Waals surface area contributed by atoms with Gasteiger partial charge in [0.25, 0.3) is 6.47 Å². The molecule has 32 heavy (non-hydrogen) atoms. The fourth-order valence-electron chi connectivity index (χ4n) is 4.75. The quantitative estimate of drug-likeness (QED) is 0.351. The van der Waals surface area contributed by atoms with Gasteiger partial charge >= 0.3 is 0 Å². The van der Waals surface area contributed by atoms with Crippen LogP contribution in [0, 0.1) is 0 Å².